The Labute approximate surface area is 268 Å². The Morgan fingerprint density at radius 1 is 0.889 bits per heavy atom. The summed E-state index contributed by atoms with van der Waals surface area (Å²) in [6.07, 6.45) is 3.57. The average Bonchev–Trinajstić information content (AvgIpc) is 3.07. The van der Waals surface area contributed by atoms with Crippen LogP contribution in [0.25, 0.3) is 0 Å². The molecule has 9 heteroatoms. The number of alkyl halides is 2. The molecule has 2 N–H and O–H groups in total. The summed E-state index contributed by atoms with van der Waals surface area (Å²) in [6, 6.07) is 34.3. The first-order chi connectivity index (χ1) is 21.9. The molecule has 5 aromatic rings. The van der Waals surface area contributed by atoms with E-state index in [0.717, 1.165) is 33.9 Å². The molecule has 1 unspecified atom stereocenters. The van der Waals surface area contributed by atoms with Crippen LogP contribution in [0.2, 0.25) is 0 Å². The van der Waals surface area contributed by atoms with Gasteiger partial charge in [-0.2, -0.15) is 0 Å². The molecule has 5 nitrogen and oxygen atoms in total. The molecule has 228 valence electrons. The second-order valence-electron chi connectivity index (χ2n) is 11.0. The first-order valence-electron chi connectivity index (χ1n) is 14.4. The van der Waals surface area contributed by atoms with E-state index in [1.165, 1.54) is 12.3 Å². The van der Waals surface area contributed by atoms with Crippen LogP contribution in [0.3, 0.4) is 0 Å². The number of hydrogen-bond donors (Lipinski definition) is 2. The molecule has 0 radical (unpaired) electrons. The van der Waals surface area contributed by atoms with E-state index in [0.29, 0.717) is 25.3 Å². The zero-order valence-corrected chi connectivity index (χ0v) is 27.0. The molecule has 0 saturated carbocycles. The minimum atomic E-state index is -3.71. The maximum absolute atomic E-state index is 15.9. The van der Waals surface area contributed by atoms with Gasteiger partial charge < -0.3 is 0 Å². The van der Waals surface area contributed by atoms with Crippen LogP contribution in [0.1, 0.15) is 38.2 Å². The molecule has 3 heterocycles. The number of nitrogens with zero attached hydrogens (tertiary/aromatic N) is 2. The Bertz CT molecular complexity index is 1810. The topological polar surface area (TPSA) is 74.6 Å². The quantitative estimate of drug-likeness (QED) is 0.0905. The number of carbonyl (C=O) groups is 1. The normalized spacial score (nSPS) is 21.6. The number of hydrogen-bond acceptors (Lipinski definition) is 4. The average molecular weight is 733 g/mol. The summed E-state index contributed by atoms with van der Waals surface area (Å²) < 4.78 is 34.8. The fourth-order valence-electron chi connectivity index (χ4n) is 6.35. The van der Waals surface area contributed by atoms with Crippen molar-refractivity contribution in [3.63, 3.8) is 0 Å². The van der Waals surface area contributed by atoms with Gasteiger partial charge in [-0.25, -0.2) is 0 Å². The van der Waals surface area contributed by atoms with Crippen molar-refractivity contribution in [2.24, 2.45) is 4.99 Å². The number of fused-ring (bicyclic) bond motifs is 2. The molecule has 1 aromatic heterocycles. The van der Waals surface area contributed by atoms with Crippen molar-refractivity contribution >= 4 is 22.9 Å². The number of benzene rings is 4. The van der Waals surface area contributed by atoms with Gasteiger partial charge >= 0.3 is 270 Å². The molecule has 0 aliphatic carbocycles. The number of nitrogens with one attached hydrogen (secondary N) is 1. The van der Waals surface area contributed by atoms with E-state index >= 15 is 4.39 Å². The number of aliphatic imine (C=N–C) groups is 1. The standard InChI is InChI=1S/C36H29F2IN3O2S/c37-28-16-17-33(32(38)18-28)39-20-24-21-40-22-31(34(43)44)30(24)19-29(39)23-45-35(42-39)41-36(25-10-4-1-5-11-25,26-12-6-2-7-13-26)27-14-8-3-9-15-27/h1-18,21-22,29H,19-20,23H2,(H,41,42)(H,43,44)/q-1/t29-/m0/s1. The van der Waals surface area contributed by atoms with Gasteiger partial charge in [-0.1, -0.05) is 0 Å². The number of aromatic carboxylic acids is 1. The summed E-state index contributed by atoms with van der Waals surface area (Å²) in [5.74, 6) is -1.62. The molecule has 1 fully saturated rings. The van der Waals surface area contributed by atoms with Crippen molar-refractivity contribution in [2.45, 2.75) is 20.3 Å². The molecule has 45 heavy (non-hydrogen) atoms. The van der Waals surface area contributed by atoms with Crippen molar-refractivity contribution in [1.29, 1.82) is 0 Å². The number of carboxylic acids is 1. The molecule has 1 saturated heterocycles. The van der Waals surface area contributed by atoms with E-state index in [2.05, 4.69) is 44.9 Å². The molecular weight excluding hydrogens is 703 g/mol. The maximum atomic E-state index is 15.9. The van der Waals surface area contributed by atoms with Crippen molar-refractivity contribution in [3.8, 4) is 0 Å². The monoisotopic (exact) mass is 732 g/mol. The van der Waals surface area contributed by atoms with E-state index in [9.17, 15) is 14.3 Å². The van der Waals surface area contributed by atoms with Crippen LogP contribution in [-0.2, 0) is 16.4 Å². The molecular formula is C36H29F2IN3O2S-. The number of thioether (sulfide) groups is 1. The van der Waals surface area contributed by atoms with E-state index in [4.69, 9.17) is 4.99 Å². The van der Waals surface area contributed by atoms with E-state index in [1.807, 2.05) is 54.6 Å². The van der Waals surface area contributed by atoms with Crippen LogP contribution in [0.15, 0.2) is 127 Å². The predicted molar refractivity (Wildman–Crippen MR) is 170 cm³/mol. The Morgan fingerprint density at radius 3 is 2.04 bits per heavy atom. The predicted octanol–water partition coefficient (Wildman–Crippen LogP) is 4.11. The number of pyridine rings is 1. The van der Waals surface area contributed by atoms with Crippen molar-refractivity contribution in [1.82, 2.24) is 8.51 Å². The molecule has 2 atom stereocenters. The first-order valence-corrected chi connectivity index (χ1v) is 20.4. The fourth-order valence-corrected chi connectivity index (χ4v) is 19.9. The van der Waals surface area contributed by atoms with Crippen LogP contribution in [-0.4, -0.2) is 30.9 Å². The summed E-state index contributed by atoms with van der Waals surface area (Å²) in [7, 11) is 0. The van der Waals surface area contributed by atoms with Gasteiger partial charge in [0, 0.05) is 0 Å². The van der Waals surface area contributed by atoms with Gasteiger partial charge in [-0.15, -0.1) is 0 Å². The van der Waals surface area contributed by atoms with Gasteiger partial charge in [0.2, 0.25) is 0 Å². The van der Waals surface area contributed by atoms with Crippen molar-refractivity contribution in [3.05, 3.63) is 170 Å². The molecule has 4 aromatic carbocycles. The van der Waals surface area contributed by atoms with Crippen LogP contribution in [0.4, 0.5) is 8.78 Å². The van der Waals surface area contributed by atoms with Gasteiger partial charge in [0.15, 0.2) is 0 Å². The van der Waals surface area contributed by atoms with Crippen LogP contribution in [0.5, 0.6) is 0 Å². The third kappa shape index (κ3) is 5.21. The van der Waals surface area contributed by atoms with Crippen molar-refractivity contribution < 1.29 is 37.4 Å². The molecule has 0 bridgehead atoms. The molecule has 0 spiro atoms. The Balaban J connectivity index is 1.45. The second-order valence-corrected chi connectivity index (χ2v) is 20.4. The number of rotatable bonds is 6. The molecule has 7 rings (SSSR count). The van der Waals surface area contributed by atoms with Crippen LogP contribution >= 0.6 is 11.8 Å². The van der Waals surface area contributed by atoms with Gasteiger partial charge in [-0.3, -0.25) is 0 Å². The SMILES string of the molecule is O=C(O)c1cncc2c1C[C@H]1CSC(=NC(c3ccccc3)(c3ccccc3)c3ccccc3)N[I-]1(c1ccc(F)cc1F)C2. The Morgan fingerprint density at radius 2 is 1.49 bits per heavy atom. The summed E-state index contributed by atoms with van der Waals surface area (Å²) >= 11 is -2.13. The van der Waals surface area contributed by atoms with Gasteiger partial charge in [0.1, 0.15) is 0 Å². The Hall–Kier alpha value is -4.09. The van der Waals surface area contributed by atoms with E-state index in [-0.39, 0.29) is 9.49 Å². The third-order valence-corrected chi connectivity index (χ3v) is 20.8. The first kappa shape index (κ1) is 29.6. The minimum absolute atomic E-state index is 0.0339. The van der Waals surface area contributed by atoms with Gasteiger partial charge in [0.25, 0.3) is 0 Å². The summed E-state index contributed by atoms with van der Waals surface area (Å²) in [5, 5.41) is 10.6. The third-order valence-electron chi connectivity index (χ3n) is 8.42. The van der Waals surface area contributed by atoms with Gasteiger partial charge in [0.05, 0.1) is 0 Å². The fraction of sp³-hybridized carbons (Fsp3) is 0.139. The zero-order valence-electron chi connectivity index (χ0n) is 24.0. The van der Waals surface area contributed by atoms with Crippen molar-refractivity contribution in [2.75, 3.05) is 5.75 Å². The Kier molecular flexibility index (Phi) is 7.91. The molecule has 0 amide bonds. The molecule has 2 aliphatic rings. The summed E-state index contributed by atoms with van der Waals surface area (Å²) in [6.45, 7) is 0. The summed E-state index contributed by atoms with van der Waals surface area (Å²) in [5.41, 5.74) is 3.76. The number of halogens is 3. The van der Waals surface area contributed by atoms with E-state index in [1.54, 1.807) is 24.0 Å². The summed E-state index contributed by atoms with van der Waals surface area (Å²) in [4.78, 5) is 22.0. The molecule has 2 aliphatic heterocycles. The van der Waals surface area contributed by atoms with Gasteiger partial charge in [-0.05, 0) is 0 Å². The second kappa shape index (κ2) is 12.0. The van der Waals surface area contributed by atoms with E-state index < -0.39 is 41.8 Å². The number of amidine groups is 1. The van der Waals surface area contributed by atoms with Crippen LogP contribution < -0.4 is 22.2 Å². The van der Waals surface area contributed by atoms with Crippen LogP contribution in [0, 0.1) is 15.2 Å². The zero-order chi connectivity index (χ0) is 31.0. The number of aromatic nitrogens is 1. The number of carboxylic acid groups (broad SMARTS) is 1.